The molecule has 154 valence electrons. The molecule has 0 atom stereocenters. The topological polar surface area (TPSA) is 49.9 Å². The molecular weight excluding hydrogens is 411 g/mol. The first-order chi connectivity index (χ1) is 13.8. The molecule has 5 nitrogen and oxygen atoms in total. The van der Waals surface area contributed by atoms with Crippen molar-refractivity contribution in [2.75, 3.05) is 32.8 Å². The van der Waals surface area contributed by atoms with E-state index in [0.29, 0.717) is 53.5 Å². The number of carbonyl (C=O) groups is 2. The fraction of sp³-hybridized carbons (Fsp3) is 0.364. The Kier molecular flexibility index (Phi) is 7.04. The molecule has 2 aromatic rings. The molecule has 7 heteroatoms. The third kappa shape index (κ3) is 5.43. The molecule has 1 heterocycles. The lowest BCUT2D eigenvalue weighted by Gasteiger charge is -2.34. The Morgan fingerprint density at radius 1 is 0.966 bits per heavy atom. The third-order valence-electron chi connectivity index (χ3n) is 4.99. The minimum Gasteiger partial charge on any atom is -0.482 e. The van der Waals surface area contributed by atoms with Gasteiger partial charge in [-0.05, 0) is 41.8 Å². The Bertz CT molecular complexity index is 876. The molecule has 0 unspecified atom stereocenters. The number of amides is 2. The summed E-state index contributed by atoms with van der Waals surface area (Å²) in [6.45, 7) is 6.09. The lowest BCUT2D eigenvalue weighted by atomic mass is 10.0. The average molecular weight is 435 g/mol. The van der Waals surface area contributed by atoms with Crippen LogP contribution < -0.4 is 4.74 Å². The zero-order valence-corrected chi connectivity index (χ0v) is 18.0. The highest BCUT2D eigenvalue weighted by atomic mass is 35.5. The van der Waals surface area contributed by atoms with Crippen molar-refractivity contribution in [1.82, 2.24) is 9.80 Å². The Morgan fingerprint density at radius 2 is 1.59 bits per heavy atom. The first kappa shape index (κ1) is 21.5. The molecule has 0 saturated carbocycles. The second-order valence-corrected chi connectivity index (χ2v) is 8.16. The van der Waals surface area contributed by atoms with Crippen LogP contribution in [0.2, 0.25) is 10.0 Å². The van der Waals surface area contributed by atoms with Crippen molar-refractivity contribution < 1.29 is 14.3 Å². The van der Waals surface area contributed by atoms with Gasteiger partial charge < -0.3 is 14.5 Å². The summed E-state index contributed by atoms with van der Waals surface area (Å²) in [4.78, 5) is 28.6. The van der Waals surface area contributed by atoms with Gasteiger partial charge in [-0.1, -0.05) is 49.2 Å². The van der Waals surface area contributed by atoms with Gasteiger partial charge in [0.15, 0.2) is 6.61 Å². The molecule has 1 aliphatic rings. The van der Waals surface area contributed by atoms with Crippen LogP contribution in [0.4, 0.5) is 0 Å². The minimum atomic E-state index is -0.135. The highest BCUT2D eigenvalue weighted by Crippen LogP contribution is 2.27. The summed E-state index contributed by atoms with van der Waals surface area (Å²) in [6, 6.07) is 12.6. The van der Waals surface area contributed by atoms with E-state index in [-0.39, 0.29) is 18.4 Å². The van der Waals surface area contributed by atoms with Crippen molar-refractivity contribution >= 4 is 35.0 Å². The predicted molar refractivity (Wildman–Crippen MR) is 115 cm³/mol. The van der Waals surface area contributed by atoms with Crippen molar-refractivity contribution in [2.45, 2.75) is 19.8 Å². The number of halogens is 2. The Balaban J connectivity index is 1.50. The van der Waals surface area contributed by atoms with Gasteiger partial charge >= 0.3 is 0 Å². The van der Waals surface area contributed by atoms with E-state index in [1.165, 1.54) is 5.56 Å². The molecule has 0 N–H and O–H groups in total. The SMILES string of the molecule is CC(C)c1ccc(C(=O)N2CCN(C(=O)COc3ccc(Cl)cc3Cl)CC2)cc1. The average Bonchev–Trinajstić information content (AvgIpc) is 2.72. The fourth-order valence-corrected chi connectivity index (χ4v) is 3.64. The first-order valence-electron chi connectivity index (χ1n) is 9.60. The summed E-state index contributed by atoms with van der Waals surface area (Å²) in [6.07, 6.45) is 0. The van der Waals surface area contributed by atoms with Crippen molar-refractivity contribution in [3.05, 3.63) is 63.6 Å². The maximum Gasteiger partial charge on any atom is 0.260 e. The molecule has 0 aromatic heterocycles. The van der Waals surface area contributed by atoms with Crippen LogP contribution in [0.25, 0.3) is 0 Å². The first-order valence-corrected chi connectivity index (χ1v) is 10.4. The summed E-state index contributed by atoms with van der Waals surface area (Å²) >= 11 is 11.9. The largest absolute Gasteiger partial charge is 0.482 e. The van der Waals surface area contributed by atoms with Crippen LogP contribution >= 0.6 is 23.2 Å². The normalized spacial score (nSPS) is 14.2. The van der Waals surface area contributed by atoms with Gasteiger partial charge in [0.1, 0.15) is 5.75 Å². The van der Waals surface area contributed by atoms with Gasteiger partial charge in [0.25, 0.3) is 11.8 Å². The van der Waals surface area contributed by atoms with E-state index in [1.807, 2.05) is 24.3 Å². The molecule has 1 saturated heterocycles. The van der Waals surface area contributed by atoms with E-state index in [2.05, 4.69) is 13.8 Å². The zero-order chi connectivity index (χ0) is 21.0. The number of rotatable bonds is 5. The molecule has 0 radical (unpaired) electrons. The number of carbonyl (C=O) groups excluding carboxylic acids is 2. The molecule has 29 heavy (non-hydrogen) atoms. The molecule has 0 aliphatic carbocycles. The number of nitrogens with zero attached hydrogens (tertiary/aromatic N) is 2. The van der Waals surface area contributed by atoms with Crippen LogP contribution in [0.1, 0.15) is 35.7 Å². The number of hydrogen-bond acceptors (Lipinski definition) is 3. The van der Waals surface area contributed by atoms with Gasteiger partial charge in [0, 0.05) is 36.8 Å². The summed E-state index contributed by atoms with van der Waals surface area (Å²) < 4.78 is 5.52. The van der Waals surface area contributed by atoms with Gasteiger partial charge in [0.2, 0.25) is 0 Å². The molecule has 1 fully saturated rings. The Labute approximate surface area is 181 Å². The van der Waals surface area contributed by atoms with E-state index >= 15 is 0 Å². The van der Waals surface area contributed by atoms with Gasteiger partial charge in [-0.3, -0.25) is 9.59 Å². The molecule has 3 rings (SSSR count). The van der Waals surface area contributed by atoms with Crippen LogP contribution in [0, 0.1) is 0 Å². The fourth-order valence-electron chi connectivity index (χ4n) is 3.18. The van der Waals surface area contributed by atoms with E-state index < -0.39 is 0 Å². The third-order valence-corrected chi connectivity index (χ3v) is 5.52. The number of hydrogen-bond donors (Lipinski definition) is 0. The van der Waals surface area contributed by atoms with Crippen LogP contribution in [-0.4, -0.2) is 54.4 Å². The lowest BCUT2D eigenvalue weighted by Crippen LogP contribution is -2.51. The summed E-state index contributed by atoms with van der Waals surface area (Å²) in [5.41, 5.74) is 1.88. The highest BCUT2D eigenvalue weighted by molar-refractivity contribution is 6.35. The molecule has 0 spiro atoms. The van der Waals surface area contributed by atoms with Gasteiger partial charge in [-0.15, -0.1) is 0 Å². The van der Waals surface area contributed by atoms with Gasteiger partial charge in [-0.25, -0.2) is 0 Å². The number of benzene rings is 2. The van der Waals surface area contributed by atoms with Crippen LogP contribution in [-0.2, 0) is 4.79 Å². The molecule has 0 bridgehead atoms. The molecular formula is C22H24Cl2N2O3. The monoisotopic (exact) mass is 434 g/mol. The van der Waals surface area contributed by atoms with Crippen LogP contribution in [0.5, 0.6) is 5.75 Å². The Hall–Kier alpha value is -2.24. The smallest absolute Gasteiger partial charge is 0.260 e. The van der Waals surface area contributed by atoms with Crippen molar-refractivity contribution in [3.8, 4) is 5.75 Å². The maximum absolute atomic E-state index is 12.7. The van der Waals surface area contributed by atoms with Crippen molar-refractivity contribution in [1.29, 1.82) is 0 Å². The number of piperazine rings is 1. The summed E-state index contributed by atoms with van der Waals surface area (Å²) in [5.74, 6) is 0.711. The Morgan fingerprint density at radius 3 is 2.17 bits per heavy atom. The second kappa shape index (κ2) is 9.51. The quantitative estimate of drug-likeness (QED) is 0.696. The predicted octanol–water partition coefficient (Wildman–Crippen LogP) is 4.48. The minimum absolute atomic E-state index is 0.00315. The van der Waals surface area contributed by atoms with Gasteiger partial charge in [0.05, 0.1) is 5.02 Å². The van der Waals surface area contributed by atoms with Crippen LogP contribution in [0.15, 0.2) is 42.5 Å². The lowest BCUT2D eigenvalue weighted by molar-refractivity contribution is -0.134. The zero-order valence-electron chi connectivity index (χ0n) is 16.5. The molecule has 2 amide bonds. The maximum atomic E-state index is 12.7. The van der Waals surface area contributed by atoms with Crippen molar-refractivity contribution in [3.63, 3.8) is 0 Å². The molecule has 2 aromatic carbocycles. The summed E-state index contributed by atoms with van der Waals surface area (Å²) in [5, 5.41) is 0.873. The summed E-state index contributed by atoms with van der Waals surface area (Å²) in [7, 11) is 0. The van der Waals surface area contributed by atoms with E-state index in [0.717, 1.165) is 0 Å². The molecule has 1 aliphatic heterocycles. The standard InChI is InChI=1S/C22H24Cl2N2O3/c1-15(2)16-3-5-17(6-4-16)22(28)26-11-9-25(10-12-26)21(27)14-29-20-8-7-18(23)13-19(20)24/h3-8,13,15H,9-12,14H2,1-2H3. The highest BCUT2D eigenvalue weighted by Gasteiger charge is 2.25. The van der Waals surface area contributed by atoms with E-state index in [4.69, 9.17) is 27.9 Å². The van der Waals surface area contributed by atoms with Crippen LogP contribution in [0.3, 0.4) is 0 Å². The van der Waals surface area contributed by atoms with Crippen molar-refractivity contribution in [2.24, 2.45) is 0 Å². The van der Waals surface area contributed by atoms with Gasteiger partial charge in [-0.2, -0.15) is 0 Å². The second-order valence-electron chi connectivity index (χ2n) is 7.31. The van der Waals surface area contributed by atoms with E-state index in [9.17, 15) is 9.59 Å². The van der Waals surface area contributed by atoms with E-state index in [1.54, 1.807) is 28.0 Å². The number of ether oxygens (including phenoxy) is 1.